The first-order valence-electron chi connectivity index (χ1n) is 7.99. The highest BCUT2D eigenvalue weighted by atomic mass is 16.5. The van der Waals surface area contributed by atoms with Gasteiger partial charge < -0.3 is 10.1 Å². The van der Waals surface area contributed by atoms with Crippen LogP contribution in [-0.2, 0) is 0 Å². The molecular weight excluding hydrogens is 302 g/mol. The van der Waals surface area contributed by atoms with E-state index in [4.69, 9.17) is 4.74 Å². The number of fused-ring (bicyclic) bond motifs is 1. The highest BCUT2D eigenvalue weighted by Gasteiger charge is 2.30. The van der Waals surface area contributed by atoms with Gasteiger partial charge in [0.1, 0.15) is 5.75 Å². The Kier molecular flexibility index (Phi) is 3.65. The molecule has 0 radical (unpaired) electrons. The molecule has 2 heterocycles. The lowest BCUT2D eigenvalue weighted by molar-refractivity contribution is 0.410. The normalized spacial score (nSPS) is 19.4. The fourth-order valence-electron chi connectivity index (χ4n) is 3.16. The van der Waals surface area contributed by atoms with Crippen molar-refractivity contribution < 1.29 is 4.74 Å². The number of aromatic nitrogens is 4. The van der Waals surface area contributed by atoms with Crippen molar-refractivity contribution in [2.75, 3.05) is 12.4 Å². The minimum atomic E-state index is 0.0912. The van der Waals surface area contributed by atoms with Crippen molar-refractivity contribution in [1.82, 2.24) is 20.2 Å². The zero-order valence-electron chi connectivity index (χ0n) is 13.7. The standard InChI is InChI=1S/C18H19N5O/c1-12-3-5-13(6-4-12)16-11-17(23-18(19-16)20-21-22-23)14-7-9-15(24-2)10-8-14/h3-10,16-17H,11H2,1-2H3,(H,19,20,22)/t16-,17-/m1/s1. The number of hydrogen-bond acceptors (Lipinski definition) is 5. The first-order valence-corrected chi connectivity index (χ1v) is 7.99. The van der Waals surface area contributed by atoms with Gasteiger partial charge in [0.05, 0.1) is 19.2 Å². The van der Waals surface area contributed by atoms with Crippen molar-refractivity contribution >= 4 is 5.95 Å². The Labute approximate surface area is 140 Å². The van der Waals surface area contributed by atoms with Gasteiger partial charge in [-0.25, -0.2) is 4.68 Å². The summed E-state index contributed by atoms with van der Waals surface area (Å²) in [4.78, 5) is 0. The monoisotopic (exact) mass is 321 g/mol. The molecule has 24 heavy (non-hydrogen) atoms. The van der Waals surface area contributed by atoms with Crippen molar-refractivity contribution in [3.63, 3.8) is 0 Å². The molecule has 1 aromatic heterocycles. The van der Waals surface area contributed by atoms with Crippen LogP contribution in [0.15, 0.2) is 48.5 Å². The minimum Gasteiger partial charge on any atom is -0.497 e. The summed E-state index contributed by atoms with van der Waals surface area (Å²) < 4.78 is 7.11. The second kappa shape index (κ2) is 5.96. The van der Waals surface area contributed by atoms with Crippen molar-refractivity contribution in [3.05, 3.63) is 65.2 Å². The molecule has 6 nitrogen and oxygen atoms in total. The van der Waals surface area contributed by atoms with Gasteiger partial charge in [0.25, 0.3) is 0 Å². The van der Waals surface area contributed by atoms with E-state index in [0.29, 0.717) is 5.95 Å². The van der Waals surface area contributed by atoms with E-state index in [0.717, 1.165) is 12.2 Å². The van der Waals surface area contributed by atoms with Gasteiger partial charge in [0.15, 0.2) is 0 Å². The molecule has 4 rings (SSSR count). The van der Waals surface area contributed by atoms with Crippen molar-refractivity contribution in [1.29, 1.82) is 0 Å². The number of anilines is 1. The van der Waals surface area contributed by atoms with Crippen LogP contribution in [0.4, 0.5) is 5.95 Å². The number of hydrogen-bond donors (Lipinski definition) is 1. The van der Waals surface area contributed by atoms with E-state index in [1.807, 2.05) is 16.8 Å². The molecule has 1 aliphatic rings. The number of benzene rings is 2. The Balaban J connectivity index is 1.69. The molecule has 1 N–H and O–H groups in total. The summed E-state index contributed by atoms with van der Waals surface area (Å²) in [5.74, 6) is 1.55. The van der Waals surface area contributed by atoms with Crippen molar-refractivity contribution in [3.8, 4) is 5.75 Å². The number of tetrazole rings is 1. The van der Waals surface area contributed by atoms with E-state index in [1.165, 1.54) is 16.7 Å². The van der Waals surface area contributed by atoms with Crippen LogP contribution in [0, 0.1) is 6.92 Å². The third-order valence-corrected chi connectivity index (χ3v) is 4.53. The summed E-state index contributed by atoms with van der Waals surface area (Å²) in [6, 6.07) is 17.0. The lowest BCUT2D eigenvalue weighted by atomic mass is 9.93. The highest BCUT2D eigenvalue weighted by molar-refractivity contribution is 5.39. The predicted octanol–water partition coefficient (Wildman–Crippen LogP) is 3.14. The number of methoxy groups -OCH3 is 1. The lowest BCUT2D eigenvalue weighted by Crippen LogP contribution is -2.28. The number of ether oxygens (including phenoxy) is 1. The largest absolute Gasteiger partial charge is 0.497 e. The number of nitrogens with one attached hydrogen (secondary N) is 1. The Morgan fingerprint density at radius 3 is 2.46 bits per heavy atom. The molecule has 0 bridgehead atoms. The minimum absolute atomic E-state index is 0.0912. The van der Waals surface area contributed by atoms with Crippen LogP contribution < -0.4 is 10.1 Å². The predicted molar refractivity (Wildman–Crippen MR) is 91.1 cm³/mol. The lowest BCUT2D eigenvalue weighted by Gasteiger charge is -2.31. The van der Waals surface area contributed by atoms with Crippen LogP contribution in [-0.4, -0.2) is 27.3 Å². The second-order valence-electron chi connectivity index (χ2n) is 6.08. The average Bonchev–Trinajstić information content (AvgIpc) is 3.10. The van der Waals surface area contributed by atoms with Crippen LogP contribution >= 0.6 is 0 Å². The quantitative estimate of drug-likeness (QED) is 0.803. The number of nitrogens with zero attached hydrogens (tertiary/aromatic N) is 4. The fraction of sp³-hybridized carbons (Fsp3) is 0.278. The second-order valence-corrected chi connectivity index (χ2v) is 6.08. The van der Waals surface area contributed by atoms with Gasteiger partial charge in [-0.15, -0.1) is 0 Å². The molecule has 0 amide bonds. The molecule has 6 heteroatoms. The Bertz CT molecular complexity index is 825. The Hall–Kier alpha value is -2.89. The molecule has 1 aliphatic heterocycles. The molecule has 2 aromatic carbocycles. The van der Waals surface area contributed by atoms with E-state index < -0.39 is 0 Å². The fourth-order valence-corrected chi connectivity index (χ4v) is 3.16. The van der Waals surface area contributed by atoms with Crippen LogP contribution in [0.5, 0.6) is 5.75 Å². The summed E-state index contributed by atoms with van der Waals surface area (Å²) in [5.41, 5.74) is 3.67. The molecule has 3 aromatic rings. The third kappa shape index (κ3) is 2.60. The van der Waals surface area contributed by atoms with E-state index in [-0.39, 0.29) is 12.1 Å². The van der Waals surface area contributed by atoms with E-state index in [2.05, 4.69) is 64.2 Å². The zero-order chi connectivity index (χ0) is 16.5. The van der Waals surface area contributed by atoms with E-state index in [1.54, 1.807) is 7.11 Å². The van der Waals surface area contributed by atoms with Gasteiger partial charge in [-0.1, -0.05) is 47.1 Å². The summed E-state index contributed by atoms with van der Waals surface area (Å²) in [7, 11) is 1.67. The molecular formula is C18H19N5O. The van der Waals surface area contributed by atoms with Crippen LogP contribution in [0.2, 0.25) is 0 Å². The van der Waals surface area contributed by atoms with Gasteiger partial charge in [0.2, 0.25) is 5.95 Å². The summed E-state index contributed by atoms with van der Waals surface area (Å²) in [6.45, 7) is 2.10. The zero-order valence-corrected chi connectivity index (χ0v) is 13.7. The Morgan fingerprint density at radius 2 is 1.75 bits per heavy atom. The van der Waals surface area contributed by atoms with Gasteiger partial charge in [-0.2, -0.15) is 0 Å². The molecule has 0 saturated heterocycles. The third-order valence-electron chi connectivity index (χ3n) is 4.53. The summed E-state index contributed by atoms with van der Waals surface area (Å²) in [5, 5.41) is 15.6. The van der Waals surface area contributed by atoms with Crippen LogP contribution in [0.1, 0.15) is 35.2 Å². The molecule has 122 valence electrons. The van der Waals surface area contributed by atoms with Gasteiger partial charge in [-0.05, 0) is 47.0 Å². The molecule has 0 aliphatic carbocycles. The smallest absolute Gasteiger partial charge is 0.243 e. The molecule has 0 saturated carbocycles. The Morgan fingerprint density at radius 1 is 1.04 bits per heavy atom. The average molecular weight is 321 g/mol. The first-order chi connectivity index (χ1) is 11.7. The van der Waals surface area contributed by atoms with Gasteiger partial charge in [0, 0.05) is 0 Å². The van der Waals surface area contributed by atoms with Crippen LogP contribution in [0.25, 0.3) is 0 Å². The first kappa shape index (κ1) is 14.7. The highest BCUT2D eigenvalue weighted by Crippen LogP contribution is 2.37. The number of aryl methyl sites for hydroxylation is 1. The molecule has 0 unspecified atom stereocenters. The maximum Gasteiger partial charge on any atom is 0.243 e. The van der Waals surface area contributed by atoms with Gasteiger partial charge >= 0.3 is 0 Å². The van der Waals surface area contributed by atoms with Crippen molar-refractivity contribution in [2.45, 2.75) is 25.4 Å². The number of rotatable bonds is 3. The molecule has 2 atom stereocenters. The SMILES string of the molecule is COc1ccc([C@H]2C[C@H](c3ccc(C)cc3)Nc3nnnn32)cc1. The van der Waals surface area contributed by atoms with Gasteiger partial charge in [-0.3, -0.25) is 0 Å². The van der Waals surface area contributed by atoms with E-state index in [9.17, 15) is 0 Å². The summed E-state index contributed by atoms with van der Waals surface area (Å²) in [6.07, 6.45) is 0.882. The molecule has 0 spiro atoms. The van der Waals surface area contributed by atoms with E-state index >= 15 is 0 Å². The maximum atomic E-state index is 5.25. The van der Waals surface area contributed by atoms with Crippen LogP contribution in [0.3, 0.4) is 0 Å². The molecule has 0 fully saturated rings. The topological polar surface area (TPSA) is 64.9 Å². The van der Waals surface area contributed by atoms with Crippen molar-refractivity contribution in [2.24, 2.45) is 0 Å². The summed E-state index contributed by atoms with van der Waals surface area (Å²) >= 11 is 0. The maximum absolute atomic E-state index is 5.25.